The molecule has 0 aliphatic rings. The summed E-state index contributed by atoms with van der Waals surface area (Å²) < 4.78 is 29.2. The van der Waals surface area contributed by atoms with Gasteiger partial charge in [0.2, 0.25) is 15.9 Å². The van der Waals surface area contributed by atoms with Gasteiger partial charge in [-0.15, -0.1) is 0 Å². The van der Waals surface area contributed by atoms with Crippen molar-refractivity contribution in [3.05, 3.63) is 11.4 Å². The normalized spacial score (nSPS) is 15.9. The van der Waals surface area contributed by atoms with Gasteiger partial charge in [0.1, 0.15) is 4.90 Å². The molecule has 2 atom stereocenters. The van der Waals surface area contributed by atoms with Crippen LogP contribution in [-0.2, 0) is 21.9 Å². The van der Waals surface area contributed by atoms with E-state index >= 15 is 0 Å². The Balaban J connectivity index is 2.93. The lowest BCUT2D eigenvalue weighted by Crippen LogP contribution is -2.57. The number of nitrogens with one attached hydrogen (secondary N) is 2. The summed E-state index contributed by atoms with van der Waals surface area (Å²) in [6.45, 7) is 11.0. The smallest absolute Gasteiger partial charge is 0.244 e. The van der Waals surface area contributed by atoms with Crippen molar-refractivity contribution in [2.45, 2.75) is 64.4 Å². The molecule has 0 radical (unpaired) electrons. The van der Waals surface area contributed by atoms with Crippen molar-refractivity contribution in [3.63, 3.8) is 0 Å². The zero-order chi connectivity index (χ0) is 19.6. The molecule has 0 saturated heterocycles. The Kier molecular flexibility index (Phi) is 6.77. The van der Waals surface area contributed by atoms with Crippen molar-refractivity contribution >= 4 is 15.9 Å². The molecule has 1 rings (SSSR count). The van der Waals surface area contributed by atoms with Crippen LogP contribution in [0.1, 0.15) is 45.5 Å². The molecule has 0 spiro atoms. The predicted molar refractivity (Wildman–Crippen MR) is 97.5 cm³/mol. The quantitative estimate of drug-likeness (QED) is 0.616. The fraction of sp³-hybridized carbons (Fsp3) is 0.750. The Morgan fingerprint density at radius 2 is 1.88 bits per heavy atom. The summed E-state index contributed by atoms with van der Waals surface area (Å²) >= 11 is 0. The Morgan fingerprint density at radius 1 is 1.32 bits per heavy atom. The van der Waals surface area contributed by atoms with Crippen LogP contribution in [0.25, 0.3) is 0 Å². The summed E-state index contributed by atoms with van der Waals surface area (Å²) in [5.41, 5.74) is 6.13. The third kappa shape index (κ3) is 5.26. The van der Waals surface area contributed by atoms with E-state index in [1.54, 1.807) is 20.9 Å². The van der Waals surface area contributed by atoms with Crippen LogP contribution >= 0.6 is 0 Å². The van der Waals surface area contributed by atoms with Gasteiger partial charge in [0.15, 0.2) is 0 Å². The van der Waals surface area contributed by atoms with Crippen LogP contribution < -0.4 is 15.8 Å². The molecule has 144 valence electrons. The van der Waals surface area contributed by atoms with Crippen LogP contribution in [0.4, 0.5) is 0 Å². The van der Waals surface area contributed by atoms with Gasteiger partial charge in [-0.3, -0.25) is 9.48 Å². The molecular formula is C16H31N5O3S. The lowest BCUT2D eigenvalue weighted by molar-refractivity contribution is -0.124. The highest BCUT2D eigenvalue weighted by Gasteiger charge is 2.31. The van der Waals surface area contributed by atoms with Gasteiger partial charge < -0.3 is 11.1 Å². The number of aryl methyl sites for hydroxylation is 2. The number of aromatic nitrogens is 2. The summed E-state index contributed by atoms with van der Waals surface area (Å²) in [6, 6.07) is -0.929. The standard InChI is InChI=1S/C16H31N5O3S/c1-10(2)8-16(6,9-17)18-15(22)12(4)20-25(23,24)14-11(3)19-21(7)13(14)5/h10,12,20H,8-9,17H2,1-7H3,(H,18,22). The van der Waals surface area contributed by atoms with Crippen molar-refractivity contribution < 1.29 is 13.2 Å². The fourth-order valence-electron chi connectivity index (χ4n) is 2.98. The maximum atomic E-state index is 12.6. The lowest BCUT2D eigenvalue weighted by atomic mass is 9.90. The van der Waals surface area contributed by atoms with E-state index in [1.165, 1.54) is 11.6 Å². The van der Waals surface area contributed by atoms with Gasteiger partial charge in [-0.1, -0.05) is 13.8 Å². The number of rotatable bonds is 8. The molecular weight excluding hydrogens is 342 g/mol. The average molecular weight is 374 g/mol. The number of nitrogens with two attached hydrogens (primary N) is 1. The van der Waals surface area contributed by atoms with E-state index in [1.807, 2.05) is 20.8 Å². The van der Waals surface area contributed by atoms with Gasteiger partial charge in [0, 0.05) is 19.1 Å². The predicted octanol–water partition coefficient (Wildman–Crippen LogP) is 0.583. The minimum absolute atomic E-state index is 0.110. The topological polar surface area (TPSA) is 119 Å². The molecule has 0 fully saturated rings. The maximum absolute atomic E-state index is 12.6. The highest BCUT2D eigenvalue weighted by Crippen LogP contribution is 2.19. The Labute approximate surface area is 150 Å². The van der Waals surface area contributed by atoms with Gasteiger partial charge in [0.25, 0.3) is 0 Å². The third-order valence-electron chi connectivity index (χ3n) is 4.17. The Hall–Kier alpha value is -1.45. The Bertz CT molecular complexity index is 726. The highest BCUT2D eigenvalue weighted by atomic mass is 32.2. The number of hydrogen-bond donors (Lipinski definition) is 3. The van der Waals surface area contributed by atoms with Crippen molar-refractivity contribution in [2.75, 3.05) is 6.54 Å². The molecule has 0 aromatic carbocycles. The first-order valence-electron chi connectivity index (χ1n) is 8.37. The van der Waals surface area contributed by atoms with Crippen LogP contribution in [0.5, 0.6) is 0 Å². The Morgan fingerprint density at radius 3 is 2.28 bits per heavy atom. The molecule has 0 aliphatic heterocycles. The number of nitrogens with zero attached hydrogens (tertiary/aromatic N) is 2. The van der Waals surface area contributed by atoms with Gasteiger partial charge in [0.05, 0.1) is 17.4 Å². The molecule has 2 unspecified atom stereocenters. The summed E-state index contributed by atoms with van der Waals surface area (Å²) in [5, 5.41) is 6.99. The van der Waals surface area contributed by atoms with Gasteiger partial charge in [-0.05, 0) is 40.0 Å². The van der Waals surface area contributed by atoms with E-state index in [-0.39, 0.29) is 11.4 Å². The molecule has 1 heterocycles. The number of carbonyl (C=O) groups is 1. The minimum Gasteiger partial charge on any atom is -0.348 e. The molecule has 25 heavy (non-hydrogen) atoms. The molecule has 0 aliphatic carbocycles. The summed E-state index contributed by atoms with van der Waals surface area (Å²) in [4.78, 5) is 12.6. The number of sulfonamides is 1. The van der Waals surface area contributed by atoms with E-state index in [2.05, 4.69) is 15.1 Å². The molecule has 8 nitrogen and oxygen atoms in total. The van der Waals surface area contributed by atoms with Crippen LogP contribution in [0.2, 0.25) is 0 Å². The van der Waals surface area contributed by atoms with Crippen LogP contribution in [0.3, 0.4) is 0 Å². The van der Waals surface area contributed by atoms with Crippen molar-refractivity contribution in [1.82, 2.24) is 19.8 Å². The maximum Gasteiger partial charge on any atom is 0.244 e. The zero-order valence-electron chi connectivity index (χ0n) is 16.2. The van der Waals surface area contributed by atoms with Crippen molar-refractivity contribution in [1.29, 1.82) is 0 Å². The van der Waals surface area contributed by atoms with Crippen molar-refractivity contribution in [2.24, 2.45) is 18.7 Å². The second-order valence-corrected chi connectivity index (χ2v) is 8.97. The second kappa shape index (κ2) is 7.84. The van der Waals surface area contributed by atoms with E-state index in [0.29, 0.717) is 23.7 Å². The molecule has 0 bridgehead atoms. The van der Waals surface area contributed by atoms with E-state index in [9.17, 15) is 13.2 Å². The summed E-state index contributed by atoms with van der Waals surface area (Å²) in [6.07, 6.45) is 0.704. The number of amides is 1. The SMILES string of the molecule is Cc1nn(C)c(C)c1S(=O)(=O)NC(C)C(=O)NC(C)(CN)CC(C)C. The number of hydrogen-bond acceptors (Lipinski definition) is 5. The van der Waals surface area contributed by atoms with Crippen molar-refractivity contribution in [3.8, 4) is 0 Å². The fourth-order valence-corrected chi connectivity index (χ4v) is 4.62. The average Bonchev–Trinajstić information content (AvgIpc) is 2.70. The van der Waals surface area contributed by atoms with Crippen LogP contribution in [0, 0.1) is 19.8 Å². The first-order chi connectivity index (χ1) is 11.3. The van der Waals surface area contributed by atoms with Crippen LogP contribution in [-0.4, -0.2) is 42.2 Å². The summed E-state index contributed by atoms with van der Waals surface area (Å²) in [5.74, 6) is -0.0575. The second-order valence-electron chi connectivity index (χ2n) is 7.32. The van der Waals surface area contributed by atoms with Gasteiger partial charge >= 0.3 is 0 Å². The third-order valence-corrected chi connectivity index (χ3v) is 5.96. The molecule has 1 amide bonds. The largest absolute Gasteiger partial charge is 0.348 e. The molecule has 9 heteroatoms. The molecule has 1 aromatic heterocycles. The van der Waals surface area contributed by atoms with E-state index in [4.69, 9.17) is 5.73 Å². The lowest BCUT2D eigenvalue weighted by Gasteiger charge is -2.32. The monoisotopic (exact) mass is 373 g/mol. The van der Waals surface area contributed by atoms with E-state index in [0.717, 1.165) is 0 Å². The van der Waals surface area contributed by atoms with E-state index < -0.39 is 27.5 Å². The minimum atomic E-state index is -3.86. The summed E-state index contributed by atoms with van der Waals surface area (Å²) in [7, 11) is -2.18. The molecule has 1 aromatic rings. The highest BCUT2D eigenvalue weighted by molar-refractivity contribution is 7.89. The first-order valence-corrected chi connectivity index (χ1v) is 9.86. The van der Waals surface area contributed by atoms with Gasteiger partial charge in [-0.25, -0.2) is 8.42 Å². The number of carbonyl (C=O) groups excluding carboxylic acids is 1. The molecule has 0 saturated carbocycles. The van der Waals surface area contributed by atoms with Crippen LogP contribution in [0.15, 0.2) is 4.90 Å². The first kappa shape index (κ1) is 21.6. The van der Waals surface area contributed by atoms with Gasteiger partial charge in [-0.2, -0.15) is 9.82 Å². The molecule has 4 N–H and O–H groups in total. The zero-order valence-corrected chi connectivity index (χ0v) is 17.0.